The van der Waals surface area contributed by atoms with E-state index < -0.39 is 0 Å². The zero-order valence-corrected chi connectivity index (χ0v) is 9.70. The van der Waals surface area contributed by atoms with Gasteiger partial charge in [0.1, 0.15) is 0 Å². The van der Waals surface area contributed by atoms with Crippen molar-refractivity contribution in [3.05, 3.63) is 11.8 Å². The molecule has 2 aliphatic rings. The lowest BCUT2D eigenvalue weighted by molar-refractivity contribution is -0.120. The number of ether oxygens (including phenoxy) is 2. The van der Waals surface area contributed by atoms with E-state index in [0.717, 1.165) is 31.6 Å². The minimum absolute atomic E-state index is 0.0344. The van der Waals surface area contributed by atoms with E-state index in [9.17, 15) is 4.79 Å². The molecule has 90 valence electrons. The number of hydrogen-bond donors (Lipinski definition) is 1. The van der Waals surface area contributed by atoms with Crippen LogP contribution in [0.15, 0.2) is 11.8 Å². The second-order valence-corrected chi connectivity index (χ2v) is 4.29. The molecule has 0 aliphatic carbocycles. The molecule has 1 N–H and O–H groups in total. The molecule has 16 heavy (non-hydrogen) atoms. The molecule has 4 nitrogen and oxygen atoms in total. The molecule has 1 fully saturated rings. The zero-order valence-electron chi connectivity index (χ0n) is 9.70. The van der Waals surface area contributed by atoms with Gasteiger partial charge in [-0.25, -0.2) is 0 Å². The Morgan fingerprint density at radius 1 is 1.56 bits per heavy atom. The maximum atomic E-state index is 12.2. The molecule has 2 rings (SSSR count). The van der Waals surface area contributed by atoms with Crippen LogP contribution in [0, 0.1) is 5.92 Å². The third kappa shape index (κ3) is 2.44. The molecule has 0 spiro atoms. The molecule has 0 amide bonds. The van der Waals surface area contributed by atoms with Gasteiger partial charge >= 0.3 is 0 Å². The van der Waals surface area contributed by atoms with Crippen LogP contribution >= 0.6 is 0 Å². The Morgan fingerprint density at radius 3 is 3.12 bits per heavy atom. The average molecular weight is 225 g/mol. The molecule has 0 aromatic heterocycles. The van der Waals surface area contributed by atoms with E-state index in [0.29, 0.717) is 13.2 Å². The van der Waals surface area contributed by atoms with E-state index in [4.69, 9.17) is 9.47 Å². The fraction of sp³-hybridized carbons (Fsp3) is 0.750. The van der Waals surface area contributed by atoms with Crippen LogP contribution in [0.2, 0.25) is 0 Å². The molecule has 0 radical (unpaired) electrons. The van der Waals surface area contributed by atoms with E-state index in [1.54, 1.807) is 6.26 Å². The van der Waals surface area contributed by atoms with E-state index in [1.807, 2.05) is 6.92 Å². The van der Waals surface area contributed by atoms with Crippen LogP contribution in [0.3, 0.4) is 0 Å². The smallest absolute Gasteiger partial charge is 0.168 e. The first-order valence-electron chi connectivity index (χ1n) is 5.99. The van der Waals surface area contributed by atoms with Gasteiger partial charge < -0.3 is 14.8 Å². The van der Waals surface area contributed by atoms with E-state index >= 15 is 0 Å². The third-order valence-corrected chi connectivity index (χ3v) is 3.13. The quantitative estimate of drug-likeness (QED) is 0.771. The Hall–Kier alpha value is -0.870. The number of nitrogens with one attached hydrogen (secondary N) is 1. The zero-order chi connectivity index (χ0) is 11.4. The Kier molecular flexibility index (Phi) is 3.96. The lowest BCUT2D eigenvalue weighted by Gasteiger charge is -2.20. The van der Waals surface area contributed by atoms with Gasteiger partial charge in [-0.05, 0) is 19.4 Å². The molecule has 4 heteroatoms. The van der Waals surface area contributed by atoms with Gasteiger partial charge in [-0.2, -0.15) is 0 Å². The fourth-order valence-corrected chi connectivity index (χ4v) is 2.26. The van der Waals surface area contributed by atoms with Crippen LogP contribution in [-0.4, -0.2) is 38.2 Å². The van der Waals surface area contributed by atoms with Crippen molar-refractivity contribution in [2.24, 2.45) is 5.92 Å². The number of likely N-dealkylation sites (N-methyl/N-ethyl adjacent to an activating group) is 1. The largest absolute Gasteiger partial charge is 0.501 e. The minimum atomic E-state index is -0.0344. The fourth-order valence-electron chi connectivity index (χ4n) is 2.26. The maximum Gasteiger partial charge on any atom is 0.168 e. The summed E-state index contributed by atoms with van der Waals surface area (Å²) in [5.74, 6) is 0.163. The number of rotatable bonds is 4. The molecule has 0 saturated carbocycles. The molecule has 2 atom stereocenters. The van der Waals surface area contributed by atoms with Gasteiger partial charge in [0.25, 0.3) is 0 Å². The molecule has 0 bridgehead atoms. The van der Waals surface area contributed by atoms with Crippen molar-refractivity contribution in [3.63, 3.8) is 0 Å². The monoisotopic (exact) mass is 225 g/mol. The first-order chi connectivity index (χ1) is 7.83. The molecule has 2 heterocycles. The normalized spacial score (nSPS) is 29.7. The number of carbonyl (C=O) groups excluding carboxylic acids is 1. The van der Waals surface area contributed by atoms with Crippen LogP contribution in [0.5, 0.6) is 0 Å². The van der Waals surface area contributed by atoms with Gasteiger partial charge in [0.2, 0.25) is 0 Å². The second kappa shape index (κ2) is 5.46. The highest BCUT2D eigenvalue weighted by molar-refractivity contribution is 5.97. The Morgan fingerprint density at radius 2 is 2.44 bits per heavy atom. The van der Waals surface area contributed by atoms with E-state index in [2.05, 4.69) is 5.32 Å². The predicted octanol–water partition coefficient (Wildman–Crippen LogP) is 0.874. The molecule has 2 unspecified atom stereocenters. The molecule has 0 aromatic rings. The summed E-state index contributed by atoms with van der Waals surface area (Å²) in [5, 5.41) is 3.30. The number of allylic oxidation sites excluding steroid dienone is 1. The van der Waals surface area contributed by atoms with Crippen LogP contribution in [0.4, 0.5) is 0 Å². The Balaban J connectivity index is 2.00. The number of ketones is 1. The van der Waals surface area contributed by atoms with Crippen molar-refractivity contribution >= 4 is 5.78 Å². The number of hydrogen-bond acceptors (Lipinski definition) is 4. The standard InChI is InChI=1S/C12H19NO3/c1-2-13-11-8-16-7-10(11)12(14)9-4-3-5-15-6-9/h6,10-11,13H,2-5,7-8H2,1H3. The van der Waals surface area contributed by atoms with Gasteiger partial charge in [0, 0.05) is 11.6 Å². The van der Waals surface area contributed by atoms with Crippen molar-refractivity contribution in [1.29, 1.82) is 0 Å². The van der Waals surface area contributed by atoms with E-state index in [1.165, 1.54) is 0 Å². The summed E-state index contributed by atoms with van der Waals surface area (Å²) in [4.78, 5) is 12.2. The van der Waals surface area contributed by atoms with Gasteiger partial charge in [-0.1, -0.05) is 6.92 Å². The highest BCUT2D eigenvalue weighted by atomic mass is 16.5. The summed E-state index contributed by atoms with van der Waals surface area (Å²) in [6, 6.07) is 0.167. The first kappa shape index (κ1) is 11.6. The molecular formula is C12H19NO3. The Labute approximate surface area is 96.0 Å². The minimum Gasteiger partial charge on any atom is -0.501 e. The lowest BCUT2D eigenvalue weighted by Crippen LogP contribution is -2.39. The van der Waals surface area contributed by atoms with Gasteiger partial charge in [0.15, 0.2) is 5.78 Å². The van der Waals surface area contributed by atoms with Crippen molar-refractivity contribution in [2.75, 3.05) is 26.4 Å². The third-order valence-electron chi connectivity index (χ3n) is 3.13. The molecule has 0 aromatic carbocycles. The highest BCUT2D eigenvalue weighted by Crippen LogP contribution is 2.22. The first-order valence-corrected chi connectivity index (χ1v) is 5.99. The summed E-state index contributed by atoms with van der Waals surface area (Å²) in [7, 11) is 0. The van der Waals surface area contributed by atoms with Gasteiger partial charge in [0.05, 0.1) is 32.0 Å². The summed E-state index contributed by atoms with van der Waals surface area (Å²) in [6.07, 6.45) is 3.42. The molecule has 2 aliphatic heterocycles. The van der Waals surface area contributed by atoms with Gasteiger partial charge in [-0.3, -0.25) is 4.79 Å². The average Bonchev–Trinajstić information content (AvgIpc) is 2.78. The lowest BCUT2D eigenvalue weighted by atomic mass is 9.91. The summed E-state index contributed by atoms with van der Waals surface area (Å²) in [5.41, 5.74) is 0.824. The van der Waals surface area contributed by atoms with Crippen LogP contribution in [-0.2, 0) is 14.3 Å². The number of Topliss-reactive ketones (excluding diaryl/α,β-unsaturated/α-hetero) is 1. The van der Waals surface area contributed by atoms with Gasteiger partial charge in [-0.15, -0.1) is 0 Å². The van der Waals surface area contributed by atoms with Crippen LogP contribution < -0.4 is 5.32 Å². The Bertz CT molecular complexity index is 288. The maximum absolute atomic E-state index is 12.2. The summed E-state index contributed by atoms with van der Waals surface area (Å²) >= 11 is 0. The topological polar surface area (TPSA) is 47.6 Å². The summed E-state index contributed by atoms with van der Waals surface area (Å²) < 4.78 is 10.6. The van der Waals surface area contributed by atoms with Crippen molar-refractivity contribution in [2.45, 2.75) is 25.8 Å². The summed E-state index contributed by atoms with van der Waals surface area (Å²) in [6.45, 7) is 4.82. The van der Waals surface area contributed by atoms with Crippen molar-refractivity contribution < 1.29 is 14.3 Å². The second-order valence-electron chi connectivity index (χ2n) is 4.29. The van der Waals surface area contributed by atoms with Crippen LogP contribution in [0.25, 0.3) is 0 Å². The molecular weight excluding hydrogens is 206 g/mol. The van der Waals surface area contributed by atoms with Crippen molar-refractivity contribution in [3.8, 4) is 0 Å². The van der Waals surface area contributed by atoms with Crippen LogP contribution in [0.1, 0.15) is 19.8 Å². The van der Waals surface area contributed by atoms with Crippen molar-refractivity contribution in [1.82, 2.24) is 5.32 Å². The predicted molar refractivity (Wildman–Crippen MR) is 60.0 cm³/mol. The molecule has 1 saturated heterocycles. The van der Waals surface area contributed by atoms with E-state index in [-0.39, 0.29) is 17.7 Å². The highest BCUT2D eigenvalue weighted by Gasteiger charge is 2.35. The number of carbonyl (C=O) groups is 1. The SMILES string of the molecule is CCNC1COCC1C(=O)C1=COCCC1.